The first kappa shape index (κ1) is 24.3. The molecule has 4 aromatic rings. The highest BCUT2D eigenvalue weighted by atomic mass is 19.4. The van der Waals surface area contributed by atoms with Gasteiger partial charge in [-0.05, 0) is 64.7 Å². The summed E-state index contributed by atoms with van der Waals surface area (Å²) >= 11 is 0. The number of fused-ring (bicyclic) bond motifs is 1. The van der Waals surface area contributed by atoms with Crippen molar-refractivity contribution in [2.75, 3.05) is 0 Å². The normalized spacial score (nSPS) is 13.4. The molecule has 4 aromatic carbocycles. The van der Waals surface area contributed by atoms with Crippen molar-refractivity contribution in [1.82, 2.24) is 5.32 Å². The number of aliphatic hydroxyl groups excluding tert-OH is 1. The van der Waals surface area contributed by atoms with Gasteiger partial charge in [-0.3, -0.25) is 4.79 Å². The summed E-state index contributed by atoms with van der Waals surface area (Å²) in [6.45, 7) is 0. The van der Waals surface area contributed by atoms with E-state index >= 15 is 0 Å². The van der Waals surface area contributed by atoms with Crippen LogP contribution in [0.25, 0.3) is 10.8 Å². The van der Waals surface area contributed by atoms with Crippen LogP contribution in [0.5, 0.6) is 0 Å². The van der Waals surface area contributed by atoms with E-state index in [-0.39, 0.29) is 12.0 Å². The average Bonchev–Trinajstić information content (AvgIpc) is 2.83. The van der Waals surface area contributed by atoms with Gasteiger partial charge in [-0.1, -0.05) is 48.5 Å². The molecule has 0 aromatic heterocycles. The first-order valence-corrected chi connectivity index (χ1v) is 10.7. The zero-order chi connectivity index (χ0) is 25.2. The number of halogens is 5. The molecule has 0 fully saturated rings. The van der Waals surface area contributed by atoms with Crippen molar-refractivity contribution < 1.29 is 31.9 Å². The fourth-order valence-corrected chi connectivity index (χ4v) is 3.93. The minimum atomic E-state index is -4.50. The van der Waals surface area contributed by atoms with E-state index in [2.05, 4.69) is 5.32 Å². The van der Waals surface area contributed by atoms with Gasteiger partial charge in [-0.25, -0.2) is 8.78 Å². The van der Waals surface area contributed by atoms with Crippen molar-refractivity contribution >= 4 is 16.7 Å². The van der Waals surface area contributed by atoms with Crippen LogP contribution in [-0.4, -0.2) is 17.1 Å². The van der Waals surface area contributed by atoms with Gasteiger partial charge in [0, 0.05) is 0 Å². The van der Waals surface area contributed by atoms with Gasteiger partial charge >= 0.3 is 6.18 Å². The van der Waals surface area contributed by atoms with Crippen LogP contribution < -0.4 is 5.32 Å². The van der Waals surface area contributed by atoms with Gasteiger partial charge in [0.05, 0.1) is 23.3 Å². The average molecular weight is 485 g/mol. The molecular formula is C27H20F5NO2. The van der Waals surface area contributed by atoms with E-state index in [0.717, 1.165) is 30.3 Å². The Morgan fingerprint density at radius 2 is 1.51 bits per heavy atom. The maximum absolute atomic E-state index is 14.2. The van der Waals surface area contributed by atoms with Crippen LogP contribution in [0, 0.1) is 11.6 Å². The van der Waals surface area contributed by atoms with Crippen LogP contribution in [-0.2, 0) is 12.6 Å². The lowest BCUT2D eigenvalue weighted by atomic mass is 9.94. The molecule has 4 rings (SSSR count). The number of hydrogen-bond acceptors (Lipinski definition) is 2. The second-order valence-electron chi connectivity index (χ2n) is 8.15. The van der Waals surface area contributed by atoms with Gasteiger partial charge in [-0.2, -0.15) is 13.2 Å². The molecule has 0 aliphatic heterocycles. The predicted octanol–water partition coefficient (Wildman–Crippen LogP) is 6.21. The number of nitrogens with one attached hydrogen (secondary N) is 1. The molecule has 0 spiro atoms. The summed E-state index contributed by atoms with van der Waals surface area (Å²) in [5.74, 6) is -1.80. The predicted molar refractivity (Wildman–Crippen MR) is 122 cm³/mol. The molecule has 0 radical (unpaired) electrons. The van der Waals surface area contributed by atoms with Gasteiger partial charge in [0.15, 0.2) is 0 Å². The molecular weight excluding hydrogens is 465 g/mol. The Kier molecular flexibility index (Phi) is 6.84. The van der Waals surface area contributed by atoms with Gasteiger partial charge < -0.3 is 10.4 Å². The van der Waals surface area contributed by atoms with Crippen molar-refractivity contribution in [3.8, 4) is 0 Å². The van der Waals surface area contributed by atoms with Crippen LogP contribution in [0.2, 0.25) is 0 Å². The van der Waals surface area contributed by atoms with Gasteiger partial charge in [0.25, 0.3) is 5.91 Å². The fourth-order valence-electron chi connectivity index (χ4n) is 3.93. The fraction of sp³-hybridized carbons (Fsp3) is 0.148. The zero-order valence-electron chi connectivity index (χ0n) is 18.2. The lowest BCUT2D eigenvalue weighted by Gasteiger charge is -2.25. The van der Waals surface area contributed by atoms with E-state index in [4.69, 9.17) is 0 Å². The molecule has 0 saturated heterocycles. The summed E-state index contributed by atoms with van der Waals surface area (Å²) in [6.07, 6.45) is -5.85. The van der Waals surface area contributed by atoms with E-state index in [9.17, 15) is 31.9 Å². The van der Waals surface area contributed by atoms with Crippen molar-refractivity contribution in [2.45, 2.75) is 24.7 Å². The summed E-state index contributed by atoms with van der Waals surface area (Å²) in [6, 6.07) is 17.4. The Balaban J connectivity index is 1.66. The van der Waals surface area contributed by atoms with Crippen molar-refractivity contribution in [3.63, 3.8) is 0 Å². The molecule has 2 unspecified atom stereocenters. The molecule has 0 bridgehead atoms. The lowest BCUT2D eigenvalue weighted by Crippen LogP contribution is -2.41. The summed E-state index contributed by atoms with van der Waals surface area (Å²) < 4.78 is 66.3. The molecule has 1 amide bonds. The molecule has 0 aliphatic rings. The van der Waals surface area contributed by atoms with E-state index in [1.807, 2.05) is 0 Å². The number of carbonyl (C=O) groups is 1. The summed E-state index contributed by atoms with van der Waals surface area (Å²) in [5, 5.41) is 14.7. The lowest BCUT2D eigenvalue weighted by molar-refractivity contribution is -0.137. The van der Waals surface area contributed by atoms with Crippen molar-refractivity contribution in [1.29, 1.82) is 0 Å². The molecule has 3 nitrogen and oxygen atoms in total. The summed E-state index contributed by atoms with van der Waals surface area (Å²) in [7, 11) is 0. The SMILES string of the molecule is O=C(NC(Cc1ccc(C(F)(F)F)cc1)C(O)c1ccc(F)cc1)c1cc(F)cc2ccccc12. The first-order valence-electron chi connectivity index (χ1n) is 10.7. The standard InChI is InChI=1S/C27H20F5NO2/c28-20-11-7-17(8-12-20)25(34)24(13-16-5-9-19(10-6-16)27(30,31)32)33-26(35)23-15-21(29)14-18-3-1-2-4-22(18)23/h1-12,14-15,24-25,34H,13H2,(H,33,35). The molecule has 35 heavy (non-hydrogen) atoms. The van der Waals surface area contributed by atoms with Crippen LogP contribution in [0.15, 0.2) is 84.9 Å². The third-order valence-electron chi connectivity index (χ3n) is 5.72. The minimum absolute atomic E-state index is 0.0321. The number of rotatable bonds is 6. The highest BCUT2D eigenvalue weighted by molar-refractivity contribution is 6.07. The molecule has 0 aliphatic carbocycles. The number of alkyl halides is 3. The maximum Gasteiger partial charge on any atom is 0.416 e. The second kappa shape index (κ2) is 9.84. The Morgan fingerprint density at radius 1 is 0.857 bits per heavy atom. The second-order valence-corrected chi connectivity index (χ2v) is 8.15. The quantitative estimate of drug-likeness (QED) is 0.319. The first-order chi connectivity index (χ1) is 16.6. The highest BCUT2D eigenvalue weighted by Crippen LogP contribution is 2.30. The monoisotopic (exact) mass is 485 g/mol. The molecule has 0 heterocycles. The highest BCUT2D eigenvalue weighted by Gasteiger charge is 2.30. The third-order valence-corrected chi connectivity index (χ3v) is 5.72. The molecule has 180 valence electrons. The Hall–Kier alpha value is -3.78. The van der Waals surface area contributed by atoms with Crippen LogP contribution in [0.4, 0.5) is 22.0 Å². The van der Waals surface area contributed by atoms with Crippen LogP contribution >= 0.6 is 0 Å². The van der Waals surface area contributed by atoms with E-state index < -0.39 is 41.4 Å². The van der Waals surface area contributed by atoms with Gasteiger partial charge in [0.1, 0.15) is 11.6 Å². The van der Waals surface area contributed by atoms with Gasteiger partial charge in [-0.15, -0.1) is 0 Å². The van der Waals surface area contributed by atoms with Crippen LogP contribution in [0.3, 0.4) is 0 Å². The van der Waals surface area contributed by atoms with Crippen LogP contribution in [0.1, 0.15) is 33.2 Å². The molecule has 2 N–H and O–H groups in total. The van der Waals surface area contributed by atoms with E-state index in [0.29, 0.717) is 21.9 Å². The van der Waals surface area contributed by atoms with E-state index in [1.54, 1.807) is 24.3 Å². The minimum Gasteiger partial charge on any atom is -0.386 e. The topological polar surface area (TPSA) is 49.3 Å². The Bertz CT molecular complexity index is 1330. The molecule has 8 heteroatoms. The molecule has 2 atom stereocenters. The Morgan fingerprint density at radius 3 is 2.17 bits per heavy atom. The number of amides is 1. The number of benzene rings is 4. The Labute approximate surface area is 197 Å². The smallest absolute Gasteiger partial charge is 0.386 e. The van der Waals surface area contributed by atoms with Crippen molar-refractivity contribution in [2.24, 2.45) is 0 Å². The third kappa shape index (κ3) is 5.66. The number of aliphatic hydroxyl groups is 1. The van der Waals surface area contributed by atoms with Crippen molar-refractivity contribution in [3.05, 3.63) is 119 Å². The zero-order valence-corrected chi connectivity index (χ0v) is 18.2. The summed E-state index contributed by atoms with van der Waals surface area (Å²) in [5.41, 5.74) is -0.0576. The van der Waals surface area contributed by atoms with E-state index in [1.165, 1.54) is 30.3 Å². The number of carbonyl (C=O) groups excluding carboxylic acids is 1. The largest absolute Gasteiger partial charge is 0.416 e. The maximum atomic E-state index is 14.2. The summed E-state index contributed by atoms with van der Waals surface area (Å²) in [4.78, 5) is 13.2. The number of hydrogen-bond donors (Lipinski definition) is 2. The van der Waals surface area contributed by atoms with Gasteiger partial charge in [0.2, 0.25) is 0 Å². The molecule has 0 saturated carbocycles.